The Labute approximate surface area is 119 Å². The van der Waals surface area contributed by atoms with E-state index in [-0.39, 0.29) is 0 Å². The molecule has 3 aromatic rings. The summed E-state index contributed by atoms with van der Waals surface area (Å²) < 4.78 is 2.15. The maximum atomic E-state index is 4.59. The van der Waals surface area contributed by atoms with Crippen molar-refractivity contribution >= 4 is 54.2 Å². The molecule has 0 radical (unpaired) electrons. The minimum atomic E-state index is 0.919. The summed E-state index contributed by atoms with van der Waals surface area (Å²) in [4.78, 5) is 9.07. The van der Waals surface area contributed by atoms with E-state index in [1.807, 2.05) is 6.07 Å². The highest BCUT2D eigenvalue weighted by atomic mass is 79.9. The fraction of sp³-hybridized carbons (Fsp3) is 0.0833. The van der Waals surface area contributed by atoms with Crippen LogP contribution in [-0.2, 0) is 0 Å². The van der Waals surface area contributed by atoms with E-state index in [1.165, 1.54) is 5.56 Å². The van der Waals surface area contributed by atoms with E-state index >= 15 is 0 Å². The topological polar surface area (TPSA) is 28.7 Å². The molecule has 0 aliphatic rings. The predicted molar refractivity (Wildman–Crippen MR) is 79.5 cm³/mol. The first-order chi connectivity index (χ1) is 8.13. The Hall–Kier alpha value is -0.650. The number of halogens is 2. The number of hydrogen-bond donors (Lipinski definition) is 1. The largest absolute Gasteiger partial charge is 0.337 e. The lowest BCUT2D eigenvalue weighted by Gasteiger charge is -1.89. The molecule has 0 saturated heterocycles. The second-order valence-electron chi connectivity index (χ2n) is 3.84. The Morgan fingerprint density at radius 1 is 1.24 bits per heavy atom. The molecule has 0 saturated carbocycles. The van der Waals surface area contributed by atoms with Crippen LogP contribution in [0, 0.1) is 6.92 Å². The van der Waals surface area contributed by atoms with Crippen LogP contribution in [0.2, 0.25) is 0 Å². The number of fused-ring (bicyclic) bond motifs is 1. The van der Waals surface area contributed by atoms with Crippen molar-refractivity contribution in [1.82, 2.24) is 9.97 Å². The van der Waals surface area contributed by atoms with E-state index in [0.29, 0.717) is 0 Å². The molecule has 17 heavy (non-hydrogen) atoms. The summed E-state index contributed by atoms with van der Waals surface area (Å²) in [6, 6.07) is 8.30. The Balaban J connectivity index is 2.17. The molecule has 0 aliphatic heterocycles. The molecule has 86 valence electrons. The van der Waals surface area contributed by atoms with E-state index in [4.69, 9.17) is 0 Å². The number of aryl methyl sites for hydroxylation is 1. The van der Waals surface area contributed by atoms with E-state index < -0.39 is 0 Å². The molecule has 0 aliphatic carbocycles. The normalized spacial score (nSPS) is 11.2. The fourth-order valence-electron chi connectivity index (χ4n) is 1.70. The molecule has 3 rings (SSSR count). The number of aromatic amines is 1. The smallest absolute Gasteiger partial charge is 0.148 e. The summed E-state index contributed by atoms with van der Waals surface area (Å²) in [5, 5.41) is 0. The van der Waals surface area contributed by atoms with Gasteiger partial charge < -0.3 is 4.98 Å². The van der Waals surface area contributed by atoms with Gasteiger partial charge in [-0.3, -0.25) is 0 Å². The number of hydrogen-bond acceptors (Lipinski definition) is 2. The number of imidazole rings is 1. The Kier molecular flexibility index (Phi) is 2.84. The number of nitrogens with zero attached hydrogens (tertiary/aromatic N) is 1. The lowest BCUT2D eigenvalue weighted by atomic mass is 10.2. The van der Waals surface area contributed by atoms with Crippen LogP contribution < -0.4 is 0 Å². The maximum Gasteiger partial charge on any atom is 0.148 e. The molecule has 0 fully saturated rings. The zero-order valence-corrected chi connectivity index (χ0v) is 12.9. The number of H-pyrrole nitrogens is 1. The third-order valence-corrected chi connectivity index (χ3v) is 5.78. The van der Waals surface area contributed by atoms with Crippen LogP contribution in [0.25, 0.3) is 21.7 Å². The molecule has 1 aromatic carbocycles. The molecular formula is C12H8Br2N2S. The molecule has 2 heterocycles. The van der Waals surface area contributed by atoms with Crippen molar-refractivity contribution in [2.45, 2.75) is 6.92 Å². The van der Waals surface area contributed by atoms with Gasteiger partial charge in [-0.2, -0.15) is 0 Å². The molecule has 0 bridgehead atoms. The highest BCUT2D eigenvalue weighted by Crippen LogP contribution is 2.37. The number of thiophene rings is 1. The first kappa shape index (κ1) is 11.4. The van der Waals surface area contributed by atoms with Crippen molar-refractivity contribution in [3.05, 3.63) is 38.1 Å². The van der Waals surface area contributed by atoms with Gasteiger partial charge in [-0.25, -0.2) is 4.98 Å². The quantitative estimate of drug-likeness (QED) is 0.631. The Morgan fingerprint density at radius 2 is 2.06 bits per heavy atom. The van der Waals surface area contributed by atoms with Crippen molar-refractivity contribution < 1.29 is 0 Å². The number of benzene rings is 1. The van der Waals surface area contributed by atoms with Crippen LogP contribution in [0.3, 0.4) is 0 Å². The minimum absolute atomic E-state index is 0.919. The van der Waals surface area contributed by atoms with Crippen LogP contribution in [0.15, 0.2) is 32.5 Å². The van der Waals surface area contributed by atoms with Gasteiger partial charge in [-0.15, -0.1) is 11.3 Å². The van der Waals surface area contributed by atoms with Gasteiger partial charge in [0.05, 0.1) is 19.7 Å². The van der Waals surface area contributed by atoms with Crippen LogP contribution in [0.5, 0.6) is 0 Å². The fourth-order valence-corrected chi connectivity index (χ4v) is 3.68. The van der Waals surface area contributed by atoms with Crippen molar-refractivity contribution in [2.24, 2.45) is 0 Å². The second kappa shape index (κ2) is 4.23. The van der Waals surface area contributed by atoms with Crippen LogP contribution >= 0.6 is 43.2 Å². The van der Waals surface area contributed by atoms with Crippen molar-refractivity contribution in [3.8, 4) is 10.7 Å². The summed E-state index contributed by atoms with van der Waals surface area (Å²) in [7, 11) is 0. The highest BCUT2D eigenvalue weighted by molar-refractivity contribution is 9.13. The maximum absolute atomic E-state index is 4.59. The average Bonchev–Trinajstić information content (AvgIpc) is 2.83. The van der Waals surface area contributed by atoms with Gasteiger partial charge in [0, 0.05) is 4.47 Å². The van der Waals surface area contributed by atoms with E-state index in [2.05, 4.69) is 67.0 Å². The highest BCUT2D eigenvalue weighted by Gasteiger charge is 2.10. The van der Waals surface area contributed by atoms with Gasteiger partial charge in [0.15, 0.2) is 0 Å². The van der Waals surface area contributed by atoms with Gasteiger partial charge in [-0.05, 0) is 62.5 Å². The second-order valence-corrected chi connectivity index (χ2v) is 7.06. The zero-order chi connectivity index (χ0) is 12.0. The van der Waals surface area contributed by atoms with Crippen molar-refractivity contribution in [1.29, 1.82) is 0 Å². The lowest BCUT2D eigenvalue weighted by molar-refractivity contribution is 1.36. The molecule has 2 nitrogen and oxygen atoms in total. The average molecular weight is 372 g/mol. The standard InChI is InChI=1S/C12H8Br2N2S/c1-6-2-3-8-9(4-6)16-12(15-8)10-5-7(13)11(14)17-10/h2-5H,1H3,(H,15,16). The van der Waals surface area contributed by atoms with E-state index in [9.17, 15) is 0 Å². The Morgan fingerprint density at radius 3 is 2.76 bits per heavy atom. The van der Waals surface area contributed by atoms with E-state index in [0.717, 1.165) is 30.0 Å². The summed E-state index contributed by atoms with van der Waals surface area (Å²) >= 11 is 8.65. The Bertz CT molecular complexity index is 680. The van der Waals surface area contributed by atoms with Crippen LogP contribution in [0.1, 0.15) is 5.56 Å². The zero-order valence-electron chi connectivity index (χ0n) is 8.92. The van der Waals surface area contributed by atoms with Crippen LogP contribution in [-0.4, -0.2) is 9.97 Å². The minimum Gasteiger partial charge on any atom is -0.337 e. The van der Waals surface area contributed by atoms with Gasteiger partial charge >= 0.3 is 0 Å². The molecule has 0 amide bonds. The van der Waals surface area contributed by atoms with E-state index in [1.54, 1.807) is 11.3 Å². The van der Waals surface area contributed by atoms with Crippen LogP contribution in [0.4, 0.5) is 0 Å². The molecule has 0 atom stereocenters. The molecule has 5 heteroatoms. The SMILES string of the molecule is Cc1ccc2nc(-c3cc(Br)c(Br)s3)[nH]c2c1. The lowest BCUT2D eigenvalue weighted by Crippen LogP contribution is -1.72. The van der Waals surface area contributed by atoms with Crippen molar-refractivity contribution in [3.63, 3.8) is 0 Å². The molecule has 2 aromatic heterocycles. The number of nitrogens with one attached hydrogen (secondary N) is 1. The number of rotatable bonds is 1. The van der Waals surface area contributed by atoms with Gasteiger partial charge in [-0.1, -0.05) is 6.07 Å². The molecular weight excluding hydrogens is 364 g/mol. The predicted octanol–water partition coefficient (Wildman–Crippen LogP) is 5.12. The molecule has 0 unspecified atom stereocenters. The molecule has 0 spiro atoms. The van der Waals surface area contributed by atoms with Gasteiger partial charge in [0.25, 0.3) is 0 Å². The monoisotopic (exact) mass is 370 g/mol. The first-order valence-corrected chi connectivity index (χ1v) is 7.45. The third-order valence-electron chi connectivity index (χ3n) is 2.52. The summed E-state index contributed by atoms with van der Waals surface area (Å²) in [5.41, 5.74) is 3.33. The first-order valence-electron chi connectivity index (χ1n) is 5.05. The van der Waals surface area contributed by atoms with Gasteiger partial charge in [0.2, 0.25) is 0 Å². The van der Waals surface area contributed by atoms with Crippen molar-refractivity contribution in [2.75, 3.05) is 0 Å². The summed E-state index contributed by atoms with van der Waals surface area (Å²) in [5.74, 6) is 0.919. The number of aromatic nitrogens is 2. The summed E-state index contributed by atoms with van der Waals surface area (Å²) in [6.45, 7) is 2.08. The summed E-state index contributed by atoms with van der Waals surface area (Å²) in [6.07, 6.45) is 0. The third kappa shape index (κ3) is 2.07. The van der Waals surface area contributed by atoms with Gasteiger partial charge in [0.1, 0.15) is 5.82 Å². The molecule has 1 N–H and O–H groups in total.